The van der Waals surface area contributed by atoms with Crippen LogP contribution in [-0.2, 0) is 12.8 Å². The second kappa shape index (κ2) is 6.48. The van der Waals surface area contributed by atoms with Crippen LogP contribution in [0.1, 0.15) is 11.1 Å². The summed E-state index contributed by atoms with van der Waals surface area (Å²) in [5, 5.41) is 0. The van der Waals surface area contributed by atoms with Gasteiger partial charge < -0.3 is 10.5 Å². The van der Waals surface area contributed by atoms with E-state index in [1.54, 1.807) is 13.2 Å². The minimum absolute atomic E-state index is 0.279. The molecule has 1 atom stereocenters. The lowest BCUT2D eigenvalue weighted by molar-refractivity contribution is 0.414. The predicted molar refractivity (Wildman–Crippen MR) is 74.7 cm³/mol. The van der Waals surface area contributed by atoms with Crippen LogP contribution in [0.15, 0.2) is 42.5 Å². The van der Waals surface area contributed by atoms with Gasteiger partial charge in [0.15, 0.2) is 11.6 Å². The van der Waals surface area contributed by atoms with Gasteiger partial charge in [0.2, 0.25) is 0 Å². The molecule has 0 spiro atoms. The Bertz CT molecular complexity index is 586. The summed E-state index contributed by atoms with van der Waals surface area (Å²) in [6.07, 6.45) is 0.869. The third kappa shape index (κ3) is 3.54. The number of hydrogen-bond acceptors (Lipinski definition) is 2. The molecule has 2 N–H and O–H groups in total. The molecule has 1 unspecified atom stereocenters. The summed E-state index contributed by atoms with van der Waals surface area (Å²) in [6.45, 7) is 0. The molecule has 0 saturated carbocycles. The van der Waals surface area contributed by atoms with Gasteiger partial charge in [-0.3, -0.25) is 0 Å². The lowest BCUT2D eigenvalue weighted by Crippen LogP contribution is -2.26. The Kier molecular flexibility index (Phi) is 4.69. The van der Waals surface area contributed by atoms with Gasteiger partial charge in [-0.25, -0.2) is 8.78 Å². The summed E-state index contributed by atoms with van der Waals surface area (Å²) in [6, 6.07) is 11.4. The number of ether oxygens (including phenoxy) is 1. The second-order valence-corrected chi connectivity index (χ2v) is 4.73. The molecule has 0 fully saturated rings. The summed E-state index contributed by atoms with van der Waals surface area (Å²) < 4.78 is 31.8. The molecule has 0 aliphatic carbocycles. The summed E-state index contributed by atoms with van der Waals surface area (Å²) in [5.74, 6) is -0.892. The lowest BCUT2D eigenvalue weighted by atomic mass is 9.99. The first kappa shape index (κ1) is 14.5. The van der Waals surface area contributed by atoms with Crippen LogP contribution in [0, 0.1) is 11.6 Å². The van der Waals surface area contributed by atoms with Gasteiger partial charge >= 0.3 is 0 Å². The average molecular weight is 277 g/mol. The van der Waals surface area contributed by atoms with Crippen LogP contribution in [0.5, 0.6) is 5.75 Å². The largest absolute Gasteiger partial charge is 0.497 e. The molecule has 0 bridgehead atoms. The van der Waals surface area contributed by atoms with Crippen LogP contribution in [0.4, 0.5) is 8.78 Å². The number of halogens is 2. The topological polar surface area (TPSA) is 35.2 Å². The van der Waals surface area contributed by atoms with E-state index in [2.05, 4.69) is 0 Å². The van der Waals surface area contributed by atoms with Crippen molar-refractivity contribution < 1.29 is 13.5 Å². The Morgan fingerprint density at radius 3 is 2.60 bits per heavy atom. The third-order valence-corrected chi connectivity index (χ3v) is 3.15. The maximum Gasteiger partial charge on any atom is 0.162 e. The van der Waals surface area contributed by atoms with Gasteiger partial charge in [0.1, 0.15) is 5.75 Å². The van der Waals surface area contributed by atoms with Crippen LogP contribution >= 0.6 is 0 Å². The Balaban J connectivity index is 2.05. The maximum atomic E-state index is 13.6. The van der Waals surface area contributed by atoms with Crippen LogP contribution in [0.25, 0.3) is 0 Å². The van der Waals surface area contributed by atoms with Crippen molar-refractivity contribution in [2.45, 2.75) is 18.9 Å². The van der Waals surface area contributed by atoms with Crippen molar-refractivity contribution >= 4 is 0 Å². The fourth-order valence-corrected chi connectivity index (χ4v) is 2.16. The molecule has 20 heavy (non-hydrogen) atoms. The minimum atomic E-state index is -0.837. The number of rotatable bonds is 5. The number of hydrogen-bond donors (Lipinski definition) is 1. The molecule has 0 radical (unpaired) electrons. The van der Waals surface area contributed by atoms with Crippen molar-refractivity contribution in [1.29, 1.82) is 0 Å². The van der Waals surface area contributed by atoms with E-state index < -0.39 is 11.6 Å². The van der Waals surface area contributed by atoms with Crippen molar-refractivity contribution in [2.24, 2.45) is 5.73 Å². The molecule has 106 valence electrons. The van der Waals surface area contributed by atoms with E-state index in [0.717, 1.165) is 17.4 Å². The highest BCUT2D eigenvalue weighted by atomic mass is 19.2. The molecular weight excluding hydrogens is 260 g/mol. The van der Waals surface area contributed by atoms with Gasteiger partial charge in [0.25, 0.3) is 0 Å². The molecule has 0 aromatic heterocycles. The Labute approximate surface area is 117 Å². The second-order valence-electron chi connectivity index (χ2n) is 4.73. The van der Waals surface area contributed by atoms with Gasteiger partial charge in [-0.1, -0.05) is 24.3 Å². The van der Waals surface area contributed by atoms with E-state index in [1.165, 1.54) is 6.07 Å². The quantitative estimate of drug-likeness (QED) is 0.911. The lowest BCUT2D eigenvalue weighted by Gasteiger charge is -2.13. The normalized spacial score (nSPS) is 12.2. The molecular formula is C16H17F2NO. The molecule has 2 aromatic rings. The van der Waals surface area contributed by atoms with Crippen molar-refractivity contribution in [3.05, 3.63) is 65.2 Å². The molecule has 0 amide bonds. The Hall–Kier alpha value is -1.94. The smallest absolute Gasteiger partial charge is 0.162 e. The summed E-state index contributed by atoms with van der Waals surface area (Å²) >= 11 is 0. The first-order valence-corrected chi connectivity index (χ1v) is 6.41. The van der Waals surface area contributed by atoms with Crippen molar-refractivity contribution in [3.8, 4) is 5.75 Å². The minimum Gasteiger partial charge on any atom is -0.497 e. The van der Waals surface area contributed by atoms with Gasteiger partial charge in [0.05, 0.1) is 7.11 Å². The summed E-state index contributed by atoms with van der Waals surface area (Å²) in [4.78, 5) is 0. The third-order valence-electron chi connectivity index (χ3n) is 3.15. The Morgan fingerprint density at radius 1 is 1.10 bits per heavy atom. The van der Waals surface area contributed by atoms with Gasteiger partial charge in [0, 0.05) is 6.04 Å². The summed E-state index contributed by atoms with van der Waals surface area (Å²) in [5.41, 5.74) is 7.33. The molecule has 0 aliphatic rings. The molecule has 0 saturated heterocycles. The van der Waals surface area contributed by atoms with Gasteiger partial charge in [-0.15, -0.1) is 0 Å². The zero-order valence-electron chi connectivity index (χ0n) is 11.3. The number of methoxy groups -OCH3 is 1. The molecule has 2 rings (SSSR count). The fourth-order valence-electron chi connectivity index (χ4n) is 2.16. The summed E-state index contributed by atoms with van der Waals surface area (Å²) in [7, 11) is 1.60. The van der Waals surface area contributed by atoms with E-state index in [0.29, 0.717) is 18.4 Å². The average Bonchev–Trinajstić information content (AvgIpc) is 2.44. The Morgan fingerprint density at radius 2 is 1.85 bits per heavy atom. The SMILES string of the molecule is COc1cccc(CC(N)Cc2cccc(F)c2F)c1. The molecule has 0 heterocycles. The van der Waals surface area contributed by atoms with Crippen LogP contribution in [-0.4, -0.2) is 13.2 Å². The van der Waals surface area contributed by atoms with Crippen LogP contribution in [0.2, 0.25) is 0 Å². The molecule has 2 nitrogen and oxygen atoms in total. The zero-order valence-corrected chi connectivity index (χ0v) is 11.3. The first-order valence-electron chi connectivity index (χ1n) is 6.41. The van der Waals surface area contributed by atoms with E-state index in [9.17, 15) is 8.78 Å². The van der Waals surface area contributed by atoms with Gasteiger partial charge in [-0.05, 0) is 42.2 Å². The van der Waals surface area contributed by atoms with E-state index in [4.69, 9.17) is 10.5 Å². The maximum absolute atomic E-state index is 13.6. The van der Waals surface area contributed by atoms with Crippen molar-refractivity contribution in [3.63, 3.8) is 0 Å². The van der Waals surface area contributed by atoms with E-state index in [-0.39, 0.29) is 6.04 Å². The molecule has 2 aromatic carbocycles. The highest BCUT2D eigenvalue weighted by Gasteiger charge is 2.12. The molecule has 0 aliphatic heterocycles. The van der Waals surface area contributed by atoms with E-state index >= 15 is 0 Å². The number of benzene rings is 2. The standard InChI is InChI=1S/C16H17F2NO/c1-20-14-6-2-4-11(9-14)8-13(19)10-12-5-3-7-15(17)16(12)18/h2-7,9,13H,8,10,19H2,1H3. The molecule has 4 heteroatoms. The zero-order chi connectivity index (χ0) is 14.5. The fraction of sp³-hybridized carbons (Fsp3) is 0.250. The first-order chi connectivity index (χ1) is 9.60. The van der Waals surface area contributed by atoms with E-state index in [1.807, 2.05) is 24.3 Å². The highest BCUT2D eigenvalue weighted by molar-refractivity contribution is 5.29. The number of nitrogens with two attached hydrogens (primary N) is 1. The van der Waals surface area contributed by atoms with Crippen molar-refractivity contribution in [1.82, 2.24) is 0 Å². The predicted octanol–water partition coefficient (Wildman–Crippen LogP) is 3.09. The van der Waals surface area contributed by atoms with Crippen LogP contribution in [0.3, 0.4) is 0 Å². The van der Waals surface area contributed by atoms with Crippen molar-refractivity contribution in [2.75, 3.05) is 7.11 Å². The highest BCUT2D eigenvalue weighted by Crippen LogP contribution is 2.17. The van der Waals surface area contributed by atoms with Crippen LogP contribution < -0.4 is 10.5 Å². The van der Waals surface area contributed by atoms with Gasteiger partial charge in [-0.2, -0.15) is 0 Å². The monoisotopic (exact) mass is 277 g/mol.